The molecule has 0 radical (unpaired) electrons. The summed E-state index contributed by atoms with van der Waals surface area (Å²) in [4.78, 5) is 29.1. The molecular formula is C15H18N2O3. The van der Waals surface area contributed by atoms with E-state index in [2.05, 4.69) is 11.6 Å². The van der Waals surface area contributed by atoms with Crippen molar-refractivity contribution in [1.29, 1.82) is 0 Å². The quantitative estimate of drug-likeness (QED) is 0.856. The van der Waals surface area contributed by atoms with Crippen molar-refractivity contribution < 1.29 is 14.7 Å². The number of nitrogens with zero attached hydrogens (tertiary/aromatic N) is 2. The smallest absolute Gasteiger partial charge is 0.354 e. The monoisotopic (exact) mass is 274 g/mol. The van der Waals surface area contributed by atoms with Crippen LogP contribution in [-0.4, -0.2) is 39.5 Å². The number of carbonyl (C=O) groups excluding carboxylic acids is 1. The maximum atomic E-state index is 12.5. The van der Waals surface area contributed by atoms with Crippen molar-refractivity contribution in [2.75, 3.05) is 6.54 Å². The maximum Gasteiger partial charge on any atom is 0.354 e. The van der Waals surface area contributed by atoms with E-state index >= 15 is 0 Å². The van der Waals surface area contributed by atoms with Gasteiger partial charge in [-0.3, -0.25) is 4.79 Å². The fourth-order valence-corrected chi connectivity index (χ4v) is 2.49. The Morgan fingerprint density at radius 3 is 2.80 bits per heavy atom. The zero-order valence-electron chi connectivity index (χ0n) is 11.5. The molecule has 0 spiro atoms. The lowest BCUT2D eigenvalue weighted by Crippen LogP contribution is -2.37. The molecule has 1 saturated heterocycles. The van der Waals surface area contributed by atoms with Gasteiger partial charge in [0.1, 0.15) is 11.4 Å². The van der Waals surface area contributed by atoms with Gasteiger partial charge in [0.05, 0.1) is 6.04 Å². The minimum atomic E-state index is -1.13. The highest BCUT2D eigenvalue weighted by Crippen LogP contribution is 2.25. The maximum absolute atomic E-state index is 12.5. The molecule has 2 rings (SSSR count). The van der Waals surface area contributed by atoms with Gasteiger partial charge in [-0.15, -0.1) is 0 Å². The first-order chi connectivity index (χ1) is 9.54. The van der Waals surface area contributed by atoms with E-state index in [0.717, 1.165) is 24.8 Å². The number of aromatic carboxylic acids is 1. The van der Waals surface area contributed by atoms with Gasteiger partial charge in [-0.05, 0) is 31.4 Å². The van der Waals surface area contributed by atoms with Gasteiger partial charge < -0.3 is 10.0 Å². The number of carboxylic acids is 1. The Balaban J connectivity index is 2.24. The number of pyridine rings is 1. The minimum Gasteiger partial charge on any atom is -0.477 e. The fraction of sp³-hybridized carbons (Fsp3) is 0.400. The molecule has 5 nitrogen and oxygen atoms in total. The van der Waals surface area contributed by atoms with Crippen LogP contribution in [0.4, 0.5) is 0 Å². The molecule has 1 N–H and O–H groups in total. The average Bonchev–Trinajstić information content (AvgIpc) is 2.95. The van der Waals surface area contributed by atoms with Crippen molar-refractivity contribution in [3.8, 4) is 0 Å². The third-order valence-corrected chi connectivity index (χ3v) is 3.63. The summed E-state index contributed by atoms with van der Waals surface area (Å²) in [5.74, 6) is -1.35. The number of hydrogen-bond acceptors (Lipinski definition) is 3. The van der Waals surface area contributed by atoms with Crippen molar-refractivity contribution >= 4 is 11.9 Å². The van der Waals surface area contributed by atoms with Crippen molar-refractivity contribution in [3.05, 3.63) is 41.7 Å². The predicted molar refractivity (Wildman–Crippen MR) is 74.7 cm³/mol. The Kier molecular flexibility index (Phi) is 4.17. The Labute approximate surface area is 117 Å². The topological polar surface area (TPSA) is 70.5 Å². The summed E-state index contributed by atoms with van der Waals surface area (Å²) in [6, 6.07) is 4.52. The number of rotatable bonds is 4. The van der Waals surface area contributed by atoms with Crippen LogP contribution in [0.5, 0.6) is 0 Å². The molecular weight excluding hydrogens is 256 g/mol. The number of carboxylic acid groups (broad SMARTS) is 1. The van der Waals surface area contributed by atoms with Crippen molar-refractivity contribution in [3.63, 3.8) is 0 Å². The molecule has 0 aromatic carbocycles. The molecule has 106 valence electrons. The second kappa shape index (κ2) is 5.86. The van der Waals surface area contributed by atoms with E-state index in [1.807, 2.05) is 6.92 Å². The second-order valence-corrected chi connectivity index (χ2v) is 4.88. The van der Waals surface area contributed by atoms with Crippen LogP contribution in [0.15, 0.2) is 30.4 Å². The van der Waals surface area contributed by atoms with E-state index < -0.39 is 5.97 Å². The van der Waals surface area contributed by atoms with Crippen LogP contribution in [-0.2, 0) is 0 Å². The Hall–Kier alpha value is -2.17. The van der Waals surface area contributed by atoms with Crippen LogP contribution in [0.1, 0.15) is 47.2 Å². The molecule has 1 amide bonds. The summed E-state index contributed by atoms with van der Waals surface area (Å²) in [7, 11) is 0. The summed E-state index contributed by atoms with van der Waals surface area (Å²) in [5.41, 5.74) is 1.10. The van der Waals surface area contributed by atoms with Crippen LogP contribution < -0.4 is 0 Å². The van der Waals surface area contributed by atoms with Gasteiger partial charge in [0.2, 0.25) is 0 Å². The third kappa shape index (κ3) is 2.71. The number of likely N-dealkylation sites (tertiary alicyclic amines) is 1. The molecule has 0 saturated carbocycles. The minimum absolute atomic E-state index is 0.0442. The molecule has 5 heteroatoms. The van der Waals surface area contributed by atoms with Gasteiger partial charge in [0.25, 0.3) is 5.91 Å². The molecule has 1 aliphatic rings. The molecule has 1 fully saturated rings. The highest BCUT2D eigenvalue weighted by Gasteiger charge is 2.31. The van der Waals surface area contributed by atoms with E-state index in [9.17, 15) is 9.59 Å². The van der Waals surface area contributed by atoms with Gasteiger partial charge in [0, 0.05) is 6.54 Å². The zero-order valence-corrected chi connectivity index (χ0v) is 11.5. The number of hydrogen-bond donors (Lipinski definition) is 1. The third-order valence-electron chi connectivity index (χ3n) is 3.63. The van der Waals surface area contributed by atoms with Crippen LogP contribution in [0.2, 0.25) is 0 Å². The summed E-state index contributed by atoms with van der Waals surface area (Å²) in [6.07, 6.45) is 2.68. The van der Waals surface area contributed by atoms with Crippen LogP contribution in [0, 0.1) is 0 Å². The number of carbonyl (C=O) groups is 2. The van der Waals surface area contributed by atoms with Crippen molar-refractivity contribution in [2.45, 2.75) is 32.2 Å². The van der Waals surface area contributed by atoms with Crippen molar-refractivity contribution in [1.82, 2.24) is 9.88 Å². The second-order valence-electron chi connectivity index (χ2n) is 4.88. The first-order valence-electron chi connectivity index (χ1n) is 6.73. The molecule has 0 unspecified atom stereocenters. The molecule has 1 aromatic heterocycles. The summed E-state index contributed by atoms with van der Waals surface area (Å²) in [5, 5.41) is 8.93. The fourth-order valence-electron chi connectivity index (χ4n) is 2.49. The van der Waals surface area contributed by atoms with Crippen LogP contribution in [0.25, 0.3) is 0 Å². The molecule has 20 heavy (non-hydrogen) atoms. The SMILES string of the molecule is C=C(CC)[C@H]1CCCN1C(=O)c1cccc(C(=O)O)n1. The Bertz CT molecular complexity index is 554. The highest BCUT2D eigenvalue weighted by molar-refractivity contribution is 5.94. The van der Waals surface area contributed by atoms with Gasteiger partial charge in [0.15, 0.2) is 0 Å². The molecule has 2 heterocycles. The van der Waals surface area contributed by atoms with Crippen LogP contribution in [0.3, 0.4) is 0 Å². The first-order valence-corrected chi connectivity index (χ1v) is 6.73. The molecule has 1 aliphatic heterocycles. The van der Waals surface area contributed by atoms with Gasteiger partial charge in [-0.1, -0.05) is 25.1 Å². The van der Waals surface area contributed by atoms with Crippen molar-refractivity contribution in [2.24, 2.45) is 0 Å². The lowest BCUT2D eigenvalue weighted by molar-refractivity contribution is 0.0689. The zero-order chi connectivity index (χ0) is 14.7. The van der Waals surface area contributed by atoms with E-state index in [4.69, 9.17) is 5.11 Å². The van der Waals surface area contributed by atoms with Gasteiger partial charge in [-0.25, -0.2) is 9.78 Å². The average molecular weight is 274 g/mol. The lowest BCUT2D eigenvalue weighted by Gasteiger charge is -2.25. The largest absolute Gasteiger partial charge is 0.477 e. The molecule has 0 bridgehead atoms. The number of aromatic nitrogens is 1. The van der Waals surface area contributed by atoms with E-state index in [0.29, 0.717) is 6.54 Å². The summed E-state index contributed by atoms with van der Waals surface area (Å²) >= 11 is 0. The lowest BCUT2D eigenvalue weighted by atomic mass is 10.0. The normalized spacial score (nSPS) is 18.1. The summed E-state index contributed by atoms with van der Waals surface area (Å²) in [6.45, 7) is 6.71. The Morgan fingerprint density at radius 2 is 2.15 bits per heavy atom. The van der Waals surface area contributed by atoms with E-state index in [-0.39, 0.29) is 23.3 Å². The Morgan fingerprint density at radius 1 is 1.45 bits per heavy atom. The highest BCUT2D eigenvalue weighted by atomic mass is 16.4. The number of amides is 1. The summed E-state index contributed by atoms with van der Waals surface area (Å²) < 4.78 is 0. The van der Waals surface area contributed by atoms with Crippen LogP contribution >= 0.6 is 0 Å². The van der Waals surface area contributed by atoms with E-state index in [1.54, 1.807) is 17.0 Å². The van der Waals surface area contributed by atoms with Gasteiger partial charge >= 0.3 is 5.97 Å². The molecule has 1 aromatic rings. The van der Waals surface area contributed by atoms with Gasteiger partial charge in [-0.2, -0.15) is 0 Å². The first kappa shape index (κ1) is 14.2. The predicted octanol–water partition coefficient (Wildman–Crippen LogP) is 2.35. The van der Waals surface area contributed by atoms with E-state index in [1.165, 1.54) is 6.07 Å². The molecule has 0 aliphatic carbocycles. The molecule has 1 atom stereocenters. The standard InChI is InChI=1S/C15H18N2O3/c1-3-10(2)13-8-5-9-17(13)14(18)11-6-4-7-12(16-11)15(19)20/h4,6-7,13H,2-3,5,8-9H2,1H3,(H,19,20)/t13-/m1/s1.